The number of methoxy groups -OCH3 is 2. The molecule has 0 spiro atoms. The molecule has 0 aliphatic carbocycles. The Balaban J connectivity index is 2.10. The number of rotatable bonds is 7. The smallest absolute Gasteiger partial charge is 0.226 e. The zero-order valence-electron chi connectivity index (χ0n) is 15.5. The van der Waals surface area contributed by atoms with Crippen molar-refractivity contribution in [2.75, 3.05) is 31.0 Å². The minimum absolute atomic E-state index is 0.161. The van der Waals surface area contributed by atoms with Gasteiger partial charge in [0.15, 0.2) is 0 Å². The van der Waals surface area contributed by atoms with Gasteiger partial charge in [-0.25, -0.2) is 0 Å². The molecule has 2 aromatic rings. The summed E-state index contributed by atoms with van der Waals surface area (Å²) >= 11 is 0. The molecule has 0 atom stereocenters. The molecule has 0 unspecified atom stereocenters. The topological polar surface area (TPSA) is 67.9 Å². The minimum Gasteiger partial charge on any atom is -0.497 e. The molecule has 138 valence electrons. The number of nitrogens with zero attached hydrogens (tertiary/aromatic N) is 1. The Morgan fingerprint density at radius 1 is 1.04 bits per heavy atom. The number of anilines is 2. The highest BCUT2D eigenvalue weighted by Crippen LogP contribution is 2.32. The van der Waals surface area contributed by atoms with Crippen LogP contribution in [0.4, 0.5) is 11.4 Å². The van der Waals surface area contributed by atoms with Crippen molar-refractivity contribution in [3.63, 3.8) is 0 Å². The molecule has 0 heterocycles. The van der Waals surface area contributed by atoms with Gasteiger partial charge in [-0.3, -0.25) is 9.59 Å². The maximum absolute atomic E-state index is 12.2. The zero-order chi connectivity index (χ0) is 19.1. The van der Waals surface area contributed by atoms with Gasteiger partial charge in [0.25, 0.3) is 0 Å². The third kappa shape index (κ3) is 4.99. The van der Waals surface area contributed by atoms with Gasteiger partial charge in [0.05, 0.1) is 19.9 Å². The van der Waals surface area contributed by atoms with Gasteiger partial charge in [-0.2, -0.15) is 0 Å². The van der Waals surface area contributed by atoms with E-state index < -0.39 is 0 Å². The molecule has 2 amide bonds. The molecule has 26 heavy (non-hydrogen) atoms. The average Bonchev–Trinajstić information content (AvgIpc) is 2.63. The summed E-state index contributed by atoms with van der Waals surface area (Å²) in [5, 5.41) is 2.83. The predicted octanol–water partition coefficient (Wildman–Crippen LogP) is 3.39. The Labute approximate surface area is 153 Å². The fraction of sp³-hybridized carbons (Fsp3) is 0.300. The molecule has 2 aromatic carbocycles. The van der Waals surface area contributed by atoms with E-state index in [1.54, 1.807) is 25.3 Å². The van der Waals surface area contributed by atoms with Gasteiger partial charge < -0.3 is 19.7 Å². The third-order valence-corrected chi connectivity index (χ3v) is 3.95. The Bertz CT molecular complexity index is 772. The van der Waals surface area contributed by atoms with Gasteiger partial charge in [0, 0.05) is 31.6 Å². The molecule has 0 aliphatic rings. The average molecular weight is 356 g/mol. The summed E-state index contributed by atoms with van der Waals surface area (Å²) in [5.41, 5.74) is 2.42. The highest BCUT2D eigenvalue weighted by Gasteiger charge is 2.18. The number of carbonyl (C=O) groups excluding carboxylic acids is 2. The van der Waals surface area contributed by atoms with Crippen LogP contribution in [0.2, 0.25) is 0 Å². The van der Waals surface area contributed by atoms with Gasteiger partial charge in [0.2, 0.25) is 11.8 Å². The van der Waals surface area contributed by atoms with Crippen molar-refractivity contribution in [1.29, 1.82) is 0 Å². The number of nitrogens with one attached hydrogen (secondary N) is 1. The van der Waals surface area contributed by atoms with Gasteiger partial charge >= 0.3 is 0 Å². The van der Waals surface area contributed by atoms with Crippen molar-refractivity contribution in [3.8, 4) is 11.5 Å². The van der Waals surface area contributed by atoms with Crippen molar-refractivity contribution in [2.45, 2.75) is 20.3 Å². The highest BCUT2D eigenvalue weighted by molar-refractivity contribution is 5.96. The van der Waals surface area contributed by atoms with Crippen LogP contribution in [0.3, 0.4) is 0 Å². The first-order chi connectivity index (χ1) is 12.4. The SMILES string of the molecule is COc1ccc(OC)c(N(CCC(=O)Nc2ccc(C)cc2)C(C)=O)c1. The Morgan fingerprint density at radius 2 is 1.73 bits per heavy atom. The monoisotopic (exact) mass is 356 g/mol. The first-order valence-electron chi connectivity index (χ1n) is 8.31. The predicted molar refractivity (Wildman–Crippen MR) is 102 cm³/mol. The van der Waals surface area contributed by atoms with Crippen LogP contribution in [-0.2, 0) is 9.59 Å². The molecule has 0 aliphatic heterocycles. The molecule has 0 fully saturated rings. The van der Waals surface area contributed by atoms with Crippen molar-refractivity contribution in [1.82, 2.24) is 0 Å². The summed E-state index contributed by atoms with van der Waals surface area (Å²) < 4.78 is 10.6. The van der Waals surface area contributed by atoms with E-state index in [-0.39, 0.29) is 24.8 Å². The number of aryl methyl sites for hydroxylation is 1. The number of carbonyl (C=O) groups is 2. The number of benzene rings is 2. The minimum atomic E-state index is -0.181. The molecule has 0 bridgehead atoms. The number of amides is 2. The fourth-order valence-electron chi connectivity index (χ4n) is 2.53. The van der Waals surface area contributed by atoms with Crippen LogP contribution >= 0.6 is 0 Å². The van der Waals surface area contributed by atoms with Crippen LogP contribution < -0.4 is 19.7 Å². The van der Waals surface area contributed by atoms with Gasteiger partial charge in [-0.05, 0) is 31.2 Å². The summed E-state index contributed by atoms with van der Waals surface area (Å²) in [6, 6.07) is 12.8. The lowest BCUT2D eigenvalue weighted by molar-refractivity contribution is -0.117. The summed E-state index contributed by atoms with van der Waals surface area (Å²) in [6.07, 6.45) is 0.161. The third-order valence-electron chi connectivity index (χ3n) is 3.95. The lowest BCUT2D eigenvalue weighted by atomic mass is 10.2. The fourth-order valence-corrected chi connectivity index (χ4v) is 2.53. The van der Waals surface area contributed by atoms with E-state index in [0.717, 1.165) is 11.3 Å². The maximum atomic E-state index is 12.2. The highest BCUT2D eigenvalue weighted by atomic mass is 16.5. The van der Waals surface area contributed by atoms with Crippen molar-refractivity contribution in [2.24, 2.45) is 0 Å². The Hall–Kier alpha value is -3.02. The molecule has 0 aromatic heterocycles. The van der Waals surface area contributed by atoms with E-state index in [4.69, 9.17) is 9.47 Å². The molecular weight excluding hydrogens is 332 g/mol. The standard InChI is InChI=1S/C20H24N2O4/c1-14-5-7-16(8-6-14)21-20(24)11-12-22(15(2)23)18-13-17(25-3)9-10-19(18)26-4/h5-10,13H,11-12H2,1-4H3,(H,21,24). The molecule has 1 N–H and O–H groups in total. The number of hydrogen-bond acceptors (Lipinski definition) is 4. The number of ether oxygens (including phenoxy) is 2. The second-order valence-corrected chi connectivity index (χ2v) is 5.87. The summed E-state index contributed by atoms with van der Waals surface area (Å²) in [6.45, 7) is 3.67. The van der Waals surface area contributed by atoms with E-state index in [0.29, 0.717) is 17.2 Å². The first-order valence-corrected chi connectivity index (χ1v) is 8.31. The van der Waals surface area contributed by atoms with E-state index in [1.165, 1.54) is 18.9 Å². The van der Waals surface area contributed by atoms with E-state index in [1.807, 2.05) is 31.2 Å². The lowest BCUT2D eigenvalue weighted by Gasteiger charge is -2.23. The maximum Gasteiger partial charge on any atom is 0.226 e. The molecule has 2 rings (SSSR count). The van der Waals surface area contributed by atoms with Crippen molar-refractivity contribution >= 4 is 23.2 Å². The van der Waals surface area contributed by atoms with Crippen LogP contribution in [0.5, 0.6) is 11.5 Å². The number of hydrogen-bond donors (Lipinski definition) is 1. The lowest BCUT2D eigenvalue weighted by Crippen LogP contribution is -2.32. The van der Waals surface area contributed by atoms with E-state index in [2.05, 4.69) is 5.32 Å². The van der Waals surface area contributed by atoms with Crippen LogP contribution in [0.25, 0.3) is 0 Å². The molecule has 6 heteroatoms. The van der Waals surface area contributed by atoms with Crippen LogP contribution in [0.1, 0.15) is 18.9 Å². The van der Waals surface area contributed by atoms with Gasteiger partial charge in [-0.1, -0.05) is 17.7 Å². The van der Waals surface area contributed by atoms with Crippen LogP contribution in [0, 0.1) is 6.92 Å². The molecular formula is C20H24N2O4. The Morgan fingerprint density at radius 3 is 2.31 bits per heavy atom. The Kier molecular flexibility index (Phi) is 6.60. The summed E-state index contributed by atoms with van der Waals surface area (Å²) in [4.78, 5) is 25.9. The summed E-state index contributed by atoms with van der Waals surface area (Å²) in [5.74, 6) is 0.803. The van der Waals surface area contributed by atoms with Crippen molar-refractivity contribution < 1.29 is 19.1 Å². The quantitative estimate of drug-likeness (QED) is 0.826. The zero-order valence-corrected chi connectivity index (χ0v) is 15.5. The molecule has 0 saturated carbocycles. The second kappa shape index (κ2) is 8.89. The summed E-state index contributed by atoms with van der Waals surface area (Å²) in [7, 11) is 3.09. The van der Waals surface area contributed by atoms with Crippen molar-refractivity contribution in [3.05, 3.63) is 48.0 Å². The van der Waals surface area contributed by atoms with Crippen LogP contribution in [-0.4, -0.2) is 32.6 Å². The molecule has 0 radical (unpaired) electrons. The normalized spacial score (nSPS) is 10.2. The molecule has 0 saturated heterocycles. The van der Waals surface area contributed by atoms with E-state index in [9.17, 15) is 9.59 Å². The largest absolute Gasteiger partial charge is 0.497 e. The first kappa shape index (κ1) is 19.3. The second-order valence-electron chi connectivity index (χ2n) is 5.87. The van der Waals surface area contributed by atoms with E-state index >= 15 is 0 Å². The van der Waals surface area contributed by atoms with Gasteiger partial charge in [0.1, 0.15) is 11.5 Å². The van der Waals surface area contributed by atoms with Gasteiger partial charge in [-0.15, -0.1) is 0 Å². The van der Waals surface area contributed by atoms with Crippen LogP contribution in [0.15, 0.2) is 42.5 Å². The molecule has 6 nitrogen and oxygen atoms in total.